The molecule has 9 heteroatoms. The molecule has 9 nitrogen and oxygen atoms in total. The largest absolute Gasteiger partial charge is 0.497 e. The number of benzene rings is 3. The van der Waals surface area contributed by atoms with Crippen molar-refractivity contribution in [3.63, 3.8) is 0 Å². The van der Waals surface area contributed by atoms with Crippen LogP contribution in [-0.4, -0.2) is 54.4 Å². The lowest BCUT2D eigenvalue weighted by atomic mass is 9.73. The Morgan fingerprint density at radius 3 is 2.52 bits per heavy atom. The lowest BCUT2D eigenvalue weighted by Gasteiger charge is -2.39. The number of methoxy groups -OCH3 is 2. The molecule has 4 aromatic rings. The van der Waals surface area contributed by atoms with Gasteiger partial charge in [0, 0.05) is 41.7 Å². The van der Waals surface area contributed by atoms with E-state index in [0.717, 1.165) is 40.3 Å². The number of hydrogen-bond acceptors (Lipinski definition) is 7. The number of amides is 1. The number of carbonyl (C=O) groups excluding carboxylic acids is 1. The molecular weight excluding hydrogens is 534 g/mol. The van der Waals surface area contributed by atoms with Crippen molar-refractivity contribution in [2.45, 2.75) is 37.2 Å². The molecule has 42 heavy (non-hydrogen) atoms. The van der Waals surface area contributed by atoms with E-state index in [1.165, 1.54) is 12.7 Å². The first-order chi connectivity index (χ1) is 20.3. The minimum atomic E-state index is -0.934. The van der Waals surface area contributed by atoms with E-state index in [4.69, 9.17) is 19.9 Å². The summed E-state index contributed by atoms with van der Waals surface area (Å²) < 4.78 is 17.1. The number of aliphatic carboxylic acids is 1. The Labute approximate surface area is 243 Å². The number of hydrogen-bond donors (Lipinski definition) is 2. The predicted molar refractivity (Wildman–Crippen MR) is 159 cm³/mol. The third-order valence-corrected chi connectivity index (χ3v) is 8.71. The first kappa shape index (κ1) is 27.4. The third-order valence-electron chi connectivity index (χ3n) is 8.71. The highest BCUT2D eigenvalue weighted by atomic mass is 16.5. The highest BCUT2D eigenvalue weighted by Crippen LogP contribution is 2.53. The number of rotatable bonds is 6. The second-order valence-corrected chi connectivity index (χ2v) is 11.0. The van der Waals surface area contributed by atoms with Crippen molar-refractivity contribution in [3.8, 4) is 22.6 Å². The lowest BCUT2D eigenvalue weighted by molar-refractivity contribution is -0.136. The summed E-state index contributed by atoms with van der Waals surface area (Å²) in [5.41, 5.74) is 10.9. The second kappa shape index (κ2) is 10.9. The van der Waals surface area contributed by atoms with Crippen LogP contribution in [0.15, 0.2) is 66.9 Å². The molecular formula is C33H33N3O6. The highest BCUT2D eigenvalue weighted by Gasteiger charge is 2.47. The van der Waals surface area contributed by atoms with Crippen molar-refractivity contribution >= 4 is 28.7 Å². The van der Waals surface area contributed by atoms with E-state index in [9.17, 15) is 14.7 Å². The molecule has 3 N–H and O–H groups in total. The summed E-state index contributed by atoms with van der Waals surface area (Å²) in [5.74, 6) is 0.633. The molecule has 1 aliphatic heterocycles. The van der Waals surface area contributed by atoms with Crippen molar-refractivity contribution in [2.24, 2.45) is 0 Å². The van der Waals surface area contributed by atoms with Crippen LogP contribution in [0.4, 0.5) is 10.6 Å². The third kappa shape index (κ3) is 4.95. The van der Waals surface area contributed by atoms with E-state index in [0.29, 0.717) is 42.4 Å². The Kier molecular flexibility index (Phi) is 7.10. The van der Waals surface area contributed by atoms with Crippen LogP contribution in [0.1, 0.15) is 42.1 Å². The number of nitrogens with zero attached hydrogens (tertiary/aromatic N) is 2. The topological polar surface area (TPSA) is 124 Å². The zero-order valence-electron chi connectivity index (χ0n) is 23.6. The Morgan fingerprint density at radius 1 is 1.02 bits per heavy atom. The summed E-state index contributed by atoms with van der Waals surface area (Å²) >= 11 is 0. The molecule has 6 rings (SSSR count). The van der Waals surface area contributed by atoms with Gasteiger partial charge in [0.1, 0.15) is 23.4 Å². The Morgan fingerprint density at radius 2 is 1.79 bits per heavy atom. The van der Waals surface area contributed by atoms with Gasteiger partial charge in [0.2, 0.25) is 0 Å². The monoisotopic (exact) mass is 567 g/mol. The van der Waals surface area contributed by atoms with Crippen LogP contribution in [0.5, 0.6) is 11.5 Å². The Hall–Kier alpha value is -4.79. The number of aromatic nitrogens is 1. The van der Waals surface area contributed by atoms with Gasteiger partial charge >= 0.3 is 12.1 Å². The lowest BCUT2D eigenvalue weighted by Crippen LogP contribution is -2.44. The summed E-state index contributed by atoms with van der Waals surface area (Å²) in [5, 5.41) is 11.5. The van der Waals surface area contributed by atoms with Crippen molar-refractivity contribution in [2.75, 3.05) is 33.0 Å². The van der Waals surface area contributed by atoms with E-state index in [1.807, 2.05) is 12.1 Å². The summed E-state index contributed by atoms with van der Waals surface area (Å²) in [6, 6.07) is 19.8. The summed E-state index contributed by atoms with van der Waals surface area (Å²) in [4.78, 5) is 29.9. The van der Waals surface area contributed by atoms with Gasteiger partial charge in [-0.2, -0.15) is 0 Å². The highest BCUT2D eigenvalue weighted by molar-refractivity contribution is 5.94. The fourth-order valence-corrected chi connectivity index (χ4v) is 6.50. The quantitative estimate of drug-likeness (QED) is 0.302. The number of pyridine rings is 1. The van der Waals surface area contributed by atoms with Gasteiger partial charge in [0.05, 0.1) is 20.6 Å². The number of piperidine rings is 1. The fraction of sp³-hybridized carbons (Fsp3) is 0.303. The molecule has 1 saturated heterocycles. The number of likely N-dealkylation sites (tertiary alicyclic amines) is 1. The molecule has 0 saturated carbocycles. The molecule has 1 aliphatic carbocycles. The molecule has 1 amide bonds. The molecule has 1 atom stereocenters. The molecule has 1 fully saturated rings. The number of ether oxygens (including phenoxy) is 3. The van der Waals surface area contributed by atoms with Gasteiger partial charge in [-0.25, -0.2) is 9.78 Å². The molecule has 0 bridgehead atoms. The van der Waals surface area contributed by atoms with Crippen LogP contribution in [0.25, 0.3) is 21.9 Å². The Balaban J connectivity index is 1.41. The van der Waals surface area contributed by atoms with Crippen LogP contribution in [0.2, 0.25) is 0 Å². The van der Waals surface area contributed by atoms with E-state index in [2.05, 4.69) is 35.3 Å². The van der Waals surface area contributed by atoms with Gasteiger partial charge in [-0.3, -0.25) is 4.79 Å². The number of anilines is 1. The predicted octanol–water partition coefficient (Wildman–Crippen LogP) is 5.74. The number of carboxylic acid groups (broad SMARTS) is 1. The fourth-order valence-electron chi connectivity index (χ4n) is 6.50. The number of carboxylic acids is 1. The second-order valence-electron chi connectivity index (χ2n) is 11.0. The minimum Gasteiger partial charge on any atom is -0.497 e. The van der Waals surface area contributed by atoms with Crippen molar-refractivity contribution in [3.05, 3.63) is 83.6 Å². The zero-order valence-corrected chi connectivity index (χ0v) is 23.6. The average Bonchev–Trinajstić information content (AvgIpc) is 3.29. The van der Waals surface area contributed by atoms with Crippen LogP contribution in [0, 0.1) is 0 Å². The maximum Gasteiger partial charge on any atom is 0.409 e. The number of fused-ring (bicyclic) bond motifs is 3. The first-order valence-electron chi connectivity index (χ1n) is 14.0. The van der Waals surface area contributed by atoms with Crippen molar-refractivity contribution in [1.82, 2.24) is 9.88 Å². The number of carbonyl (C=O) groups is 2. The Bertz CT molecular complexity index is 1680. The molecule has 1 aromatic heterocycles. The SMILES string of the molecule is COC(=O)N1CCC2(CC1)CC(Oc1cc(OC)ccc1CC(=O)O)c1cc(-c3ccc4ccnc(N)c4c3)ccc12. The minimum absolute atomic E-state index is 0.162. The smallest absolute Gasteiger partial charge is 0.409 e. The van der Waals surface area contributed by atoms with E-state index >= 15 is 0 Å². The average molecular weight is 568 g/mol. The van der Waals surface area contributed by atoms with Crippen molar-refractivity contribution in [1.29, 1.82) is 0 Å². The molecule has 3 aromatic carbocycles. The molecule has 0 radical (unpaired) electrons. The van der Waals surface area contributed by atoms with E-state index in [1.54, 1.807) is 36.4 Å². The molecule has 1 unspecified atom stereocenters. The summed E-state index contributed by atoms with van der Waals surface area (Å²) in [7, 11) is 2.98. The normalized spacial score (nSPS) is 17.2. The molecule has 1 spiro atoms. The van der Waals surface area contributed by atoms with Gasteiger partial charge in [-0.15, -0.1) is 0 Å². The maximum absolute atomic E-state index is 12.2. The molecule has 2 aliphatic rings. The molecule has 2 heterocycles. The van der Waals surface area contributed by atoms with Gasteiger partial charge in [0.25, 0.3) is 0 Å². The van der Waals surface area contributed by atoms with Crippen molar-refractivity contribution < 1.29 is 28.9 Å². The zero-order chi connectivity index (χ0) is 29.4. The van der Waals surface area contributed by atoms with E-state index < -0.39 is 5.97 Å². The van der Waals surface area contributed by atoms with E-state index in [-0.39, 0.29) is 24.0 Å². The number of nitrogens with two attached hydrogens (primary N) is 1. The number of nitrogen functional groups attached to an aromatic ring is 1. The standard InChI is InChI=1S/C33H33N3O6/c1-40-24-7-5-23(17-30(37)38)28(18-24)42-29-19-33(10-13-36(14-11-33)32(39)41-2)27-8-6-22(16-26(27)29)21-4-3-20-9-12-35-31(34)25(20)15-21/h3-9,12,15-16,18,29H,10-11,13-14,17,19H2,1-2H3,(H2,34,35)(H,37,38). The maximum atomic E-state index is 12.2. The van der Waals surface area contributed by atoms with Gasteiger partial charge in [-0.1, -0.05) is 30.3 Å². The van der Waals surface area contributed by atoms with Crippen LogP contribution in [-0.2, 0) is 21.4 Å². The van der Waals surface area contributed by atoms with Gasteiger partial charge in [0.15, 0.2) is 0 Å². The summed E-state index contributed by atoms with van der Waals surface area (Å²) in [6.07, 6.45) is 3.15. The van der Waals surface area contributed by atoms with Crippen LogP contribution < -0.4 is 15.2 Å². The first-order valence-corrected chi connectivity index (χ1v) is 14.0. The van der Waals surface area contributed by atoms with Gasteiger partial charge < -0.3 is 30.0 Å². The van der Waals surface area contributed by atoms with Gasteiger partial charge in [-0.05, 0) is 71.2 Å². The van der Waals surface area contributed by atoms with Crippen LogP contribution >= 0.6 is 0 Å². The summed E-state index contributed by atoms with van der Waals surface area (Å²) in [6.45, 7) is 1.17. The molecule has 216 valence electrons. The van der Waals surface area contributed by atoms with Crippen LogP contribution in [0.3, 0.4) is 0 Å².